The molecular weight excluding hydrogens is 378 g/mol. The van der Waals surface area contributed by atoms with Crippen molar-refractivity contribution in [3.63, 3.8) is 0 Å². The number of methoxy groups -OCH3 is 1. The van der Waals surface area contributed by atoms with Gasteiger partial charge in [-0.2, -0.15) is 15.0 Å². The molecule has 2 aromatic rings. The molecule has 3 rings (SSSR count). The van der Waals surface area contributed by atoms with Crippen LogP contribution >= 0.6 is 0 Å². The van der Waals surface area contributed by atoms with Crippen LogP contribution in [0.1, 0.15) is 5.82 Å². The minimum atomic E-state index is -4.19. The van der Waals surface area contributed by atoms with E-state index in [-0.39, 0.29) is 35.3 Å². The van der Waals surface area contributed by atoms with Crippen molar-refractivity contribution in [2.75, 3.05) is 25.6 Å². The van der Waals surface area contributed by atoms with Crippen molar-refractivity contribution in [2.45, 2.75) is 17.9 Å². The van der Waals surface area contributed by atoms with Gasteiger partial charge in [0.05, 0.1) is 13.7 Å². The van der Waals surface area contributed by atoms with Gasteiger partial charge in [-0.05, 0) is 19.1 Å². The largest absolute Gasteiger partial charge is 0.489 e. The number of ether oxygens (including phenoxy) is 3. The van der Waals surface area contributed by atoms with Gasteiger partial charge in [-0.1, -0.05) is 12.1 Å². The van der Waals surface area contributed by atoms with Crippen molar-refractivity contribution in [1.82, 2.24) is 19.7 Å². The molecule has 27 heavy (non-hydrogen) atoms. The molecule has 0 aliphatic carbocycles. The molecule has 0 spiro atoms. The predicted octanol–water partition coefficient (Wildman–Crippen LogP) is 0.477. The van der Waals surface area contributed by atoms with E-state index in [0.717, 1.165) is 0 Å². The molecule has 12 heteroatoms. The first-order valence-corrected chi connectivity index (χ1v) is 9.29. The average molecular weight is 395 g/mol. The zero-order valence-electron chi connectivity index (χ0n) is 14.5. The molecule has 1 aliphatic heterocycles. The van der Waals surface area contributed by atoms with E-state index < -0.39 is 16.1 Å². The second-order valence-corrected chi connectivity index (χ2v) is 7.12. The number of anilines is 1. The molecule has 1 fully saturated rings. The summed E-state index contributed by atoms with van der Waals surface area (Å²) in [5.41, 5.74) is 0. The molecule has 0 bridgehead atoms. The first-order valence-electron chi connectivity index (χ1n) is 7.81. The van der Waals surface area contributed by atoms with Gasteiger partial charge in [-0.3, -0.25) is 5.32 Å². The van der Waals surface area contributed by atoms with Gasteiger partial charge in [0.15, 0.2) is 0 Å². The second-order valence-electron chi connectivity index (χ2n) is 5.47. The SMILES string of the molecule is COc1nc(C)nc(NC(=O)NS(=O)(=O)c2ccccc2OCC2CO2)n1. The molecule has 1 aliphatic rings. The summed E-state index contributed by atoms with van der Waals surface area (Å²) in [6.45, 7) is 2.37. The van der Waals surface area contributed by atoms with Crippen molar-refractivity contribution >= 4 is 22.0 Å². The van der Waals surface area contributed by atoms with Gasteiger partial charge in [0, 0.05) is 0 Å². The fourth-order valence-electron chi connectivity index (χ4n) is 2.05. The molecule has 1 aromatic heterocycles. The lowest BCUT2D eigenvalue weighted by Crippen LogP contribution is -2.35. The zero-order valence-corrected chi connectivity index (χ0v) is 15.3. The summed E-state index contributed by atoms with van der Waals surface area (Å²) in [5, 5.41) is 2.23. The van der Waals surface area contributed by atoms with E-state index in [1.165, 1.54) is 25.3 Å². The molecule has 11 nitrogen and oxygen atoms in total. The van der Waals surface area contributed by atoms with Crippen LogP contribution in [0.3, 0.4) is 0 Å². The fraction of sp³-hybridized carbons (Fsp3) is 0.333. The number of rotatable bonds is 7. The Bertz CT molecular complexity index is 947. The summed E-state index contributed by atoms with van der Waals surface area (Å²) in [7, 11) is -2.84. The second kappa shape index (κ2) is 7.72. The summed E-state index contributed by atoms with van der Waals surface area (Å²) in [6, 6.07) is 4.92. The maximum atomic E-state index is 12.5. The normalized spacial score (nSPS) is 15.7. The number of carbonyl (C=O) groups excluding carboxylic acids is 1. The molecular formula is C15H17N5O6S. The molecule has 0 saturated carbocycles. The number of nitrogens with zero attached hydrogens (tertiary/aromatic N) is 3. The third-order valence-corrected chi connectivity index (χ3v) is 4.70. The van der Waals surface area contributed by atoms with E-state index in [1.807, 2.05) is 4.72 Å². The Morgan fingerprint density at radius 3 is 2.74 bits per heavy atom. The number of hydrogen-bond donors (Lipinski definition) is 2. The molecule has 2 amide bonds. The number of para-hydroxylation sites is 1. The maximum Gasteiger partial charge on any atom is 0.335 e. The number of nitrogens with one attached hydrogen (secondary N) is 2. The van der Waals surface area contributed by atoms with E-state index >= 15 is 0 Å². The molecule has 1 atom stereocenters. The molecule has 144 valence electrons. The Balaban J connectivity index is 1.72. The minimum absolute atomic E-state index is 0.0123. The summed E-state index contributed by atoms with van der Waals surface area (Å²) in [5.74, 6) is 0.259. The van der Waals surface area contributed by atoms with Crippen LogP contribution < -0.4 is 19.5 Å². The maximum absolute atomic E-state index is 12.5. The van der Waals surface area contributed by atoms with Gasteiger partial charge in [0.2, 0.25) is 5.95 Å². The lowest BCUT2D eigenvalue weighted by atomic mass is 10.3. The van der Waals surface area contributed by atoms with Gasteiger partial charge in [0.1, 0.15) is 29.2 Å². The third kappa shape index (κ3) is 5.01. The first-order chi connectivity index (χ1) is 12.9. The van der Waals surface area contributed by atoms with Crippen molar-refractivity contribution in [2.24, 2.45) is 0 Å². The van der Waals surface area contributed by atoms with Gasteiger partial charge >= 0.3 is 12.0 Å². The Kier molecular flexibility index (Phi) is 5.37. The molecule has 1 unspecified atom stereocenters. The van der Waals surface area contributed by atoms with Crippen LogP contribution in [0.4, 0.5) is 10.7 Å². The number of benzene rings is 1. The van der Waals surface area contributed by atoms with Crippen LogP contribution in [0.2, 0.25) is 0 Å². The lowest BCUT2D eigenvalue weighted by Gasteiger charge is -2.12. The highest BCUT2D eigenvalue weighted by atomic mass is 32.2. The highest BCUT2D eigenvalue weighted by Crippen LogP contribution is 2.24. The Labute approximate surface area is 155 Å². The number of carbonyl (C=O) groups is 1. The summed E-state index contributed by atoms with van der Waals surface area (Å²) < 4.78 is 42.4. The fourth-order valence-corrected chi connectivity index (χ4v) is 3.10. The van der Waals surface area contributed by atoms with Crippen LogP contribution in [-0.2, 0) is 14.8 Å². The molecule has 2 N–H and O–H groups in total. The molecule has 2 heterocycles. The first kappa shape index (κ1) is 18.8. The van der Waals surface area contributed by atoms with E-state index in [1.54, 1.807) is 13.0 Å². The summed E-state index contributed by atoms with van der Waals surface area (Å²) in [4.78, 5) is 23.5. The van der Waals surface area contributed by atoms with Crippen LogP contribution in [0.5, 0.6) is 11.8 Å². The number of amides is 2. The van der Waals surface area contributed by atoms with Gasteiger partial charge in [-0.15, -0.1) is 0 Å². The topological polar surface area (TPSA) is 145 Å². The standard InChI is InChI=1S/C15H17N5O6S/c1-9-16-13(19-15(17-9)24-2)18-14(21)20-27(22,23)12-6-4-3-5-11(12)26-8-10-7-25-10/h3-6,10H,7-8H2,1-2H3,(H2,16,17,18,19,20,21). The summed E-state index contributed by atoms with van der Waals surface area (Å²) in [6.07, 6.45) is -0.0425. The van der Waals surface area contributed by atoms with Crippen LogP contribution in [0.25, 0.3) is 0 Å². The number of sulfonamides is 1. The van der Waals surface area contributed by atoms with Crippen molar-refractivity contribution in [3.05, 3.63) is 30.1 Å². The highest BCUT2D eigenvalue weighted by Gasteiger charge is 2.26. The van der Waals surface area contributed by atoms with Crippen molar-refractivity contribution in [1.29, 1.82) is 0 Å². The average Bonchev–Trinajstić information content (AvgIpc) is 3.43. The molecule has 0 radical (unpaired) electrons. The van der Waals surface area contributed by atoms with E-state index in [2.05, 4.69) is 20.3 Å². The number of aromatic nitrogens is 3. The Morgan fingerprint density at radius 2 is 2.04 bits per heavy atom. The Hall–Kier alpha value is -2.99. The monoisotopic (exact) mass is 395 g/mol. The predicted molar refractivity (Wildman–Crippen MR) is 92.1 cm³/mol. The zero-order chi connectivity index (χ0) is 19.4. The van der Waals surface area contributed by atoms with Crippen LogP contribution in [-0.4, -0.2) is 55.8 Å². The quantitative estimate of drug-likeness (QED) is 0.639. The number of urea groups is 1. The van der Waals surface area contributed by atoms with Gasteiger partial charge in [0.25, 0.3) is 10.0 Å². The van der Waals surface area contributed by atoms with Gasteiger partial charge in [-0.25, -0.2) is 17.9 Å². The van der Waals surface area contributed by atoms with Crippen molar-refractivity contribution in [3.8, 4) is 11.8 Å². The minimum Gasteiger partial charge on any atom is -0.489 e. The molecule has 1 saturated heterocycles. The van der Waals surface area contributed by atoms with Gasteiger partial charge < -0.3 is 14.2 Å². The van der Waals surface area contributed by atoms with E-state index in [4.69, 9.17) is 14.2 Å². The van der Waals surface area contributed by atoms with E-state index in [9.17, 15) is 13.2 Å². The smallest absolute Gasteiger partial charge is 0.335 e. The number of aryl methyl sites for hydroxylation is 1. The van der Waals surface area contributed by atoms with E-state index in [0.29, 0.717) is 12.4 Å². The number of hydrogen-bond acceptors (Lipinski definition) is 9. The highest BCUT2D eigenvalue weighted by molar-refractivity contribution is 7.90. The lowest BCUT2D eigenvalue weighted by molar-refractivity contribution is 0.255. The number of epoxide rings is 1. The molecule has 1 aromatic carbocycles. The third-order valence-electron chi connectivity index (χ3n) is 3.33. The Morgan fingerprint density at radius 1 is 1.30 bits per heavy atom. The van der Waals surface area contributed by atoms with Crippen LogP contribution in [0, 0.1) is 6.92 Å². The van der Waals surface area contributed by atoms with Crippen LogP contribution in [0.15, 0.2) is 29.2 Å². The van der Waals surface area contributed by atoms with Crippen molar-refractivity contribution < 1.29 is 27.4 Å². The summed E-state index contributed by atoms with van der Waals surface area (Å²) >= 11 is 0.